The number of ether oxygens (including phenoxy) is 2. The number of aliphatic carboxylic acids is 1. The van der Waals surface area contributed by atoms with Gasteiger partial charge < -0.3 is 19.9 Å². The van der Waals surface area contributed by atoms with Gasteiger partial charge in [0.05, 0.1) is 5.56 Å². The minimum absolute atomic E-state index is 0.0811. The summed E-state index contributed by atoms with van der Waals surface area (Å²) in [6, 6.07) is 29.4. The van der Waals surface area contributed by atoms with Gasteiger partial charge in [0.2, 0.25) is 0 Å². The molecular formula is C35H33NO6. The van der Waals surface area contributed by atoms with E-state index in [1.807, 2.05) is 87.5 Å². The monoisotopic (exact) mass is 563 g/mol. The lowest BCUT2D eigenvalue weighted by atomic mass is 9.98. The zero-order chi connectivity index (χ0) is 29.9. The minimum Gasteiger partial charge on any atom is -0.480 e. The van der Waals surface area contributed by atoms with E-state index in [2.05, 4.69) is 17.4 Å². The van der Waals surface area contributed by atoms with Crippen molar-refractivity contribution >= 4 is 18.0 Å². The molecule has 4 aromatic carbocycles. The Morgan fingerprint density at radius 3 is 2.02 bits per heavy atom. The number of nitrogens with one attached hydrogen (secondary N) is 1. The second-order valence-corrected chi connectivity index (χ2v) is 11.3. The first-order valence-electron chi connectivity index (χ1n) is 13.9. The zero-order valence-electron chi connectivity index (χ0n) is 23.8. The molecule has 0 saturated carbocycles. The Hall–Kier alpha value is -4.91. The molecule has 1 aliphatic rings. The van der Waals surface area contributed by atoms with Gasteiger partial charge in [-0.1, -0.05) is 84.9 Å². The van der Waals surface area contributed by atoms with Crippen molar-refractivity contribution in [2.75, 3.05) is 6.61 Å². The fourth-order valence-corrected chi connectivity index (χ4v) is 5.21. The van der Waals surface area contributed by atoms with E-state index in [-0.39, 0.29) is 18.9 Å². The van der Waals surface area contributed by atoms with Crippen molar-refractivity contribution in [1.82, 2.24) is 5.32 Å². The molecule has 0 spiro atoms. The molecule has 1 unspecified atom stereocenters. The van der Waals surface area contributed by atoms with Crippen LogP contribution < -0.4 is 5.32 Å². The molecule has 7 nitrogen and oxygen atoms in total. The summed E-state index contributed by atoms with van der Waals surface area (Å²) in [4.78, 5) is 37.2. The van der Waals surface area contributed by atoms with E-state index >= 15 is 0 Å². The third-order valence-electron chi connectivity index (χ3n) is 7.16. The number of carboxylic acid groups (broad SMARTS) is 1. The molecule has 214 valence electrons. The smallest absolute Gasteiger partial charge is 0.407 e. The Labute approximate surface area is 245 Å². The molecule has 0 radical (unpaired) electrons. The second kappa shape index (κ2) is 11.9. The van der Waals surface area contributed by atoms with Crippen LogP contribution in [0.1, 0.15) is 53.7 Å². The van der Waals surface area contributed by atoms with Gasteiger partial charge in [0.15, 0.2) is 0 Å². The number of benzene rings is 4. The number of alkyl carbamates (subject to hydrolysis) is 1. The molecule has 0 saturated heterocycles. The quantitative estimate of drug-likeness (QED) is 0.228. The molecule has 0 heterocycles. The van der Waals surface area contributed by atoms with Crippen LogP contribution in [0.25, 0.3) is 22.3 Å². The van der Waals surface area contributed by atoms with Crippen LogP contribution in [0, 0.1) is 0 Å². The summed E-state index contributed by atoms with van der Waals surface area (Å²) in [5.41, 5.74) is 6.67. The first kappa shape index (κ1) is 28.6. The molecule has 1 atom stereocenters. The Balaban J connectivity index is 1.21. The fraction of sp³-hybridized carbons (Fsp3) is 0.229. The summed E-state index contributed by atoms with van der Waals surface area (Å²) >= 11 is 0. The molecule has 42 heavy (non-hydrogen) atoms. The van der Waals surface area contributed by atoms with E-state index in [0.717, 1.165) is 38.9 Å². The largest absolute Gasteiger partial charge is 0.480 e. The Bertz CT molecular complexity index is 1570. The number of hydrogen-bond acceptors (Lipinski definition) is 5. The van der Waals surface area contributed by atoms with Crippen molar-refractivity contribution in [1.29, 1.82) is 0 Å². The summed E-state index contributed by atoms with van der Waals surface area (Å²) < 4.78 is 11.0. The summed E-state index contributed by atoms with van der Waals surface area (Å²) in [7, 11) is 0. The highest BCUT2D eigenvalue weighted by Gasteiger charge is 2.30. The molecular weight excluding hydrogens is 530 g/mol. The minimum atomic E-state index is -1.16. The number of carbonyl (C=O) groups is 3. The SMILES string of the molecule is CC(C)(C)OC(=O)c1cccc(-c2ccc(CC(NC(=O)OCC3c4ccccc4-c4ccccc43)C(=O)O)cc2)c1. The molecule has 1 aliphatic carbocycles. The molecule has 0 fully saturated rings. The number of carbonyl (C=O) groups excluding carboxylic acids is 2. The van der Waals surface area contributed by atoms with E-state index in [1.54, 1.807) is 18.2 Å². The highest BCUT2D eigenvalue weighted by Crippen LogP contribution is 2.44. The number of esters is 1. The van der Waals surface area contributed by atoms with E-state index in [1.165, 1.54) is 0 Å². The van der Waals surface area contributed by atoms with Gasteiger partial charge in [-0.3, -0.25) is 0 Å². The van der Waals surface area contributed by atoms with E-state index in [9.17, 15) is 19.5 Å². The van der Waals surface area contributed by atoms with Crippen molar-refractivity contribution in [2.45, 2.75) is 44.8 Å². The molecule has 0 bridgehead atoms. The van der Waals surface area contributed by atoms with Crippen molar-refractivity contribution in [3.05, 3.63) is 119 Å². The van der Waals surface area contributed by atoms with Gasteiger partial charge >= 0.3 is 18.0 Å². The van der Waals surface area contributed by atoms with Crippen molar-refractivity contribution in [3.63, 3.8) is 0 Å². The predicted molar refractivity (Wildman–Crippen MR) is 160 cm³/mol. The Morgan fingerprint density at radius 1 is 0.810 bits per heavy atom. The van der Waals surface area contributed by atoms with E-state index in [0.29, 0.717) is 5.56 Å². The summed E-state index contributed by atoms with van der Waals surface area (Å²) in [6.07, 6.45) is -0.697. The van der Waals surface area contributed by atoms with Crippen molar-refractivity contribution in [2.24, 2.45) is 0 Å². The van der Waals surface area contributed by atoms with Crippen molar-refractivity contribution in [3.8, 4) is 22.3 Å². The van der Waals surface area contributed by atoms with Crippen LogP contribution >= 0.6 is 0 Å². The van der Waals surface area contributed by atoms with Crippen LogP contribution in [0.2, 0.25) is 0 Å². The lowest BCUT2D eigenvalue weighted by Crippen LogP contribution is -2.42. The third-order valence-corrected chi connectivity index (χ3v) is 7.16. The van der Waals surface area contributed by atoms with Gasteiger partial charge in [-0.15, -0.1) is 0 Å². The topological polar surface area (TPSA) is 102 Å². The van der Waals surface area contributed by atoms with Crippen LogP contribution in [0.15, 0.2) is 97.1 Å². The van der Waals surface area contributed by atoms with Crippen LogP contribution in [0.5, 0.6) is 0 Å². The third kappa shape index (κ3) is 6.52. The normalized spacial score (nSPS) is 13.0. The number of rotatable bonds is 8. The Morgan fingerprint density at radius 2 is 1.43 bits per heavy atom. The molecule has 1 amide bonds. The molecule has 0 aromatic heterocycles. The van der Waals surface area contributed by atoms with Crippen molar-refractivity contribution < 1.29 is 29.0 Å². The summed E-state index contributed by atoms with van der Waals surface area (Å²) in [5, 5.41) is 12.3. The maximum absolute atomic E-state index is 12.7. The molecule has 2 N–H and O–H groups in total. The average molecular weight is 564 g/mol. The van der Waals surface area contributed by atoms with Gasteiger partial charge in [-0.25, -0.2) is 14.4 Å². The van der Waals surface area contributed by atoms with E-state index in [4.69, 9.17) is 9.47 Å². The van der Waals surface area contributed by atoms with Gasteiger partial charge in [0.25, 0.3) is 0 Å². The summed E-state index contributed by atoms with van der Waals surface area (Å²) in [5.74, 6) is -1.67. The van der Waals surface area contributed by atoms with Gasteiger partial charge in [-0.05, 0) is 71.8 Å². The van der Waals surface area contributed by atoms with Gasteiger partial charge in [-0.2, -0.15) is 0 Å². The number of carboxylic acids is 1. The highest BCUT2D eigenvalue weighted by atomic mass is 16.6. The number of fused-ring (bicyclic) bond motifs is 3. The molecule has 0 aliphatic heterocycles. The molecule has 4 aromatic rings. The van der Waals surface area contributed by atoms with Crippen LogP contribution in [-0.4, -0.2) is 41.4 Å². The zero-order valence-corrected chi connectivity index (χ0v) is 23.8. The first-order valence-corrected chi connectivity index (χ1v) is 13.9. The van der Waals surface area contributed by atoms with Gasteiger partial charge in [0.1, 0.15) is 18.2 Å². The first-order chi connectivity index (χ1) is 20.1. The lowest BCUT2D eigenvalue weighted by molar-refractivity contribution is -0.139. The maximum Gasteiger partial charge on any atom is 0.407 e. The fourth-order valence-electron chi connectivity index (χ4n) is 5.21. The second-order valence-electron chi connectivity index (χ2n) is 11.3. The lowest BCUT2D eigenvalue weighted by Gasteiger charge is -2.19. The number of hydrogen-bond donors (Lipinski definition) is 2. The summed E-state index contributed by atoms with van der Waals surface area (Å²) in [6.45, 7) is 5.56. The number of amides is 1. The van der Waals surface area contributed by atoms with E-state index < -0.39 is 29.7 Å². The molecule has 7 heteroatoms. The van der Waals surface area contributed by atoms with Gasteiger partial charge in [0, 0.05) is 12.3 Å². The highest BCUT2D eigenvalue weighted by molar-refractivity contribution is 5.91. The predicted octanol–water partition coefficient (Wildman–Crippen LogP) is 6.84. The molecule has 5 rings (SSSR count). The van der Waals surface area contributed by atoms with Crippen LogP contribution in [0.3, 0.4) is 0 Å². The Kier molecular flexibility index (Phi) is 8.11. The average Bonchev–Trinajstić information content (AvgIpc) is 3.29. The van der Waals surface area contributed by atoms with Crippen LogP contribution in [-0.2, 0) is 20.7 Å². The maximum atomic E-state index is 12.7. The van der Waals surface area contributed by atoms with Crippen LogP contribution in [0.4, 0.5) is 4.79 Å². The standard InChI is InChI=1S/C35H33NO6/c1-35(2,3)42-33(39)25-10-8-9-24(20-25)23-17-15-22(16-18-23)19-31(32(37)38)36-34(40)41-21-30-28-13-6-4-11-26(28)27-12-5-7-14-29(27)30/h4-18,20,30-31H,19,21H2,1-3H3,(H,36,40)(H,37,38).